The fourth-order valence-corrected chi connectivity index (χ4v) is 6.71. The van der Waals surface area contributed by atoms with Crippen LogP contribution >= 0.6 is 22.9 Å². The fraction of sp³-hybridized carbons (Fsp3) is 0.286. The summed E-state index contributed by atoms with van der Waals surface area (Å²) in [6, 6.07) is 11.8. The SMILES string of the molecule is Cc1ccc(C)c(S(=O)(=O)N2CCCC2c2nnc(C(=O)Nc3cccc(Cl)c3)s2)c1. The number of benzene rings is 2. The molecular formula is C21H21ClN4O3S2. The Kier molecular flexibility index (Phi) is 6.11. The second-order valence-corrected chi connectivity index (χ2v) is 10.8. The smallest absolute Gasteiger partial charge is 0.286 e. The van der Waals surface area contributed by atoms with Crippen LogP contribution in [-0.4, -0.2) is 35.4 Å². The molecule has 1 aliphatic rings. The lowest BCUT2D eigenvalue weighted by Crippen LogP contribution is -2.31. The Morgan fingerprint density at radius 1 is 1.19 bits per heavy atom. The van der Waals surface area contributed by atoms with Gasteiger partial charge in [-0.2, -0.15) is 4.31 Å². The third-order valence-electron chi connectivity index (χ3n) is 5.14. The molecule has 1 unspecified atom stereocenters. The number of sulfonamides is 1. The number of rotatable bonds is 5. The third-order valence-corrected chi connectivity index (χ3v) is 8.44. The van der Waals surface area contributed by atoms with Gasteiger partial charge >= 0.3 is 0 Å². The van der Waals surface area contributed by atoms with Gasteiger partial charge in [0.1, 0.15) is 5.01 Å². The largest absolute Gasteiger partial charge is 0.320 e. The van der Waals surface area contributed by atoms with Crippen molar-refractivity contribution in [2.45, 2.75) is 37.6 Å². The number of nitrogens with zero attached hydrogens (tertiary/aromatic N) is 3. The summed E-state index contributed by atoms with van der Waals surface area (Å²) in [6.07, 6.45) is 1.35. The van der Waals surface area contributed by atoms with Crippen molar-refractivity contribution in [2.75, 3.05) is 11.9 Å². The minimum Gasteiger partial charge on any atom is -0.320 e. The number of aryl methyl sites for hydroxylation is 2. The number of anilines is 1. The van der Waals surface area contributed by atoms with Crippen LogP contribution in [0.5, 0.6) is 0 Å². The zero-order valence-electron chi connectivity index (χ0n) is 17.0. The number of aromatic nitrogens is 2. The van der Waals surface area contributed by atoms with E-state index in [2.05, 4.69) is 15.5 Å². The van der Waals surface area contributed by atoms with Gasteiger partial charge < -0.3 is 5.32 Å². The maximum absolute atomic E-state index is 13.4. The highest BCUT2D eigenvalue weighted by Crippen LogP contribution is 2.38. The highest BCUT2D eigenvalue weighted by molar-refractivity contribution is 7.89. The summed E-state index contributed by atoms with van der Waals surface area (Å²) in [5.41, 5.74) is 2.14. The second-order valence-electron chi connectivity index (χ2n) is 7.45. The van der Waals surface area contributed by atoms with Gasteiger partial charge in [-0.15, -0.1) is 10.2 Å². The Bertz CT molecular complexity index is 1240. The van der Waals surface area contributed by atoms with E-state index in [1.54, 1.807) is 37.3 Å². The van der Waals surface area contributed by atoms with E-state index in [9.17, 15) is 13.2 Å². The van der Waals surface area contributed by atoms with E-state index in [1.807, 2.05) is 19.1 Å². The number of hydrogen-bond acceptors (Lipinski definition) is 6. The summed E-state index contributed by atoms with van der Waals surface area (Å²) in [5, 5.41) is 12.1. The van der Waals surface area contributed by atoms with Crippen LogP contribution in [0.3, 0.4) is 0 Å². The molecule has 0 bridgehead atoms. The summed E-state index contributed by atoms with van der Waals surface area (Å²) in [4.78, 5) is 12.9. The summed E-state index contributed by atoms with van der Waals surface area (Å²) in [5.74, 6) is -0.409. The van der Waals surface area contributed by atoms with E-state index in [4.69, 9.17) is 11.6 Å². The number of hydrogen-bond donors (Lipinski definition) is 1. The minimum absolute atomic E-state index is 0.172. The molecule has 10 heteroatoms. The van der Waals surface area contributed by atoms with Gasteiger partial charge in [-0.05, 0) is 62.1 Å². The predicted octanol–water partition coefficient (Wildman–Crippen LogP) is 4.59. The topological polar surface area (TPSA) is 92.3 Å². The molecule has 31 heavy (non-hydrogen) atoms. The molecule has 0 aliphatic carbocycles. The average molecular weight is 477 g/mol. The van der Waals surface area contributed by atoms with Crippen LogP contribution < -0.4 is 5.32 Å². The molecule has 1 saturated heterocycles. The summed E-state index contributed by atoms with van der Waals surface area (Å²) < 4.78 is 28.3. The van der Waals surface area contributed by atoms with Crippen molar-refractivity contribution < 1.29 is 13.2 Å². The van der Waals surface area contributed by atoms with E-state index in [-0.39, 0.29) is 5.01 Å². The Morgan fingerprint density at radius 2 is 2.00 bits per heavy atom. The van der Waals surface area contributed by atoms with E-state index >= 15 is 0 Å². The van der Waals surface area contributed by atoms with Gasteiger partial charge in [0.2, 0.25) is 15.0 Å². The molecule has 1 atom stereocenters. The second kappa shape index (κ2) is 8.66. The number of carbonyl (C=O) groups excluding carboxylic acids is 1. The summed E-state index contributed by atoms with van der Waals surface area (Å²) in [7, 11) is -3.70. The molecule has 7 nitrogen and oxygen atoms in total. The predicted molar refractivity (Wildman–Crippen MR) is 121 cm³/mol. The number of amides is 1. The van der Waals surface area contributed by atoms with Gasteiger partial charge in [0.15, 0.2) is 0 Å². The van der Waals surface area contributed by atoms with Crippen LogP contribution in [0.2, 0.25) is 5.02 Å². The monoisotopic (exact) mass is 476 g/mol. The van der Waals surface area contributed by atoms with Gasteiger partial charge in [0, 0.05) is 17.3 Å². The van der Waals surface area contributed by atoms with Crippen LogP contribution in [0.1, 0.15) is 44.8 Å². The Labute approximate surface area is 190 Å². The van der Waals surface area contributed by atoms with Crippen molar-refractivity contribution in [1.82, 2.24) is 14.5 Å². The molecule has 4 rings (SSSR count). The van der Waals surface area contributed by atoms with Crippen LogP contribution in [0, 0.1) is 13.8 Å². The Morgan fingerprint density at radius 3 is 2.77 bits per heavy atom. The van der Waals surface area contributed by atoms with Crippen molar-refractivity contribution in [3.05, 3.63) is 68.6 Å². The molecular weight excluding hydrogens is 456 g/mol. The molecule has 162 valence electrons. The molecule has 3 aromatic rings. The molecule has 1 aliphatic heterocycles. The lowest BCUT2D eigenvalue weighted by molar-refractivity contribution is 0.102. The van der Waals surface area contributed by atoms with Crippen molar-refractivity contribution >= 4 is 44.6 Å². The molecule has 1 aromatic heterocycles. The van der Waals surface area contributed by atoms with E-state index in [1.165, 1.54) is 4.31 Å². The zero-order chi connectivity index (χ0) is 22.2. The van der Waals surface area contributed by atoms with Crippen molar-refractivity contribution in [2.24, 2.45) is 0 Å². The van der Waals surface area contributed by atoms with Crippen LogP contribution in [0.4, 0.5) is 5.69 Å². The minimum atomic E-state index is -3.70. The van der Waals surface area contributed by atoms with Crippen molar-refractivity contribution in [1.29, 1.82) is 0 Å². The summed E-state index contributed by atoms with van der Waals surface area (Å²) >= 11 is 7.07. The number of nitrogens with one attached hydrogen (secondary N) is 1. The first-order chi connectivity index (χ1) is 14.8. The van der Waals surface area contributed by atoms with Crippen LogP contribution in [0.25, 0.3) is 0 Å². The maximum Gasteiger partial charge on any atom is 0.286 e. The maximum atomic E-state index is 13.4. The lowest BCUT2D eigenvalue weighted by atomic mass is 10.2. The van der Waals surface area contributed by atoms with Gasteiger partial charge in [-0.3, -0.25) is 4.79 Å². The van der Waals surface area contributed by atoms with E-state index in [0.717, 1.165) is 23.3 Å². The zero-order valence-corrected chi connectivity index (χ0v) is 19.4. The summed E-state index contributed by atoms with van der Waals surface area (Å²) in [6.45, 7) is 4.07. The van der Waals surface area contributed by atoms with Crippen LogP contribution in [0.15, 0.2) is 47.4 Å². The third kappa shape index (κ3) is 4.50. The van der Waals surface area contributed by atoms with E-state index in [0.29, 0.717) is 39.1 Å². The molecule has 0 saturated carbocycles. The van der Waals surface area contributed by atoms with Gasteiger partial charge in [-0.25, -0.2) is 8.42 Å². The Hall–Kier alpha value is -2.33. The quantitative estimate of drug-likeness (QED) is 0.581. The lowest BCUT2D eigenvalue weighted by Gasteiger charge is -2.23. The first-order valence-electron chi connectivity index (χ1n) is 9.75. The van der Waals surface area contributed by atoms with E-state index < -0.39 is 22.0 Å². The fourth-order valence-electron chi connectivity index (χ4n) is 3.60. The van der Waals surface area contributed by atoms with Crippen molar-refractivity contribution in [3.63, 3.8) is 0 Å². The molecule has 1 fully saturated rings. The molecule has 1 N–H and O–H groups in total. The van der Waals surface area contributed by atoms with Gasteiger partial charge in [0.25, 0.3) is 5.91 Å². The molecule has 2 aromatic carbocycles. The highest BCUT2D eigenvalue weighted by atomic mass is 35.5. The van der Waals surface area contributed by atoms with Crippen LogP contribution in [-0.2, 0) is 10.0 Å². The first kappa shape index (κ1) is 21.9. The Balaban J connectivity index is 1.58. The van der Waals surface area contributed by atoms with Crippen molar-refractivity contribution in [3.8, 4) is 0 Å². The number of halogens is 1. The molecule has 1 amide bonds. The molecule has 2 heterocycles. The normalized spacial score (nSPS) is 17.1. The molecule has 0 radical (unpaired) electrons. The average Bonchev–Trinajstić information content (AvgIpc) is 3.39. The molecule has 0 spiro atoms. The first-order valence-corrected chi connectivity index (χ1v) is 12.4. The standard InChI is InChI=1S/C21H21ClN4O3S2/c1-13-8-9-14(2)18(11-13)31(28,29)26-10-4-7-17(26)20-24-25-21(30-20)19(27)23-16-6-3-5-15(22)12-16/h3,5-6,8-9,11-12,17H,4,7,10H2,1-2H3,(H,23,27). The number of carbonyl (C=O) groups is 1. The van der Waals surface area contributed by atoms with Gasteiger partial charge in [-0.1, -0.05) is 41.1 Å². The highest BCUT2D eigenvalue weighted by Gasteiger charge is 2.39. The van der Waals surface area contributed by atoms with Gasteiger partial charge in [0.05, 0.1) is 10.9 Å².